The van der Waals surface area contributed by atoms with Gasteiger partial charge in [-0.2, -0.15) is 0 Å². The predicted molar refractivity (Wildman–Crippen MR) is 74.7 cm³/mol. The van der Waals surface area contributed by atoms with Crippen LogP contribution >= 0.6 is 0 Å². The van der Waals surface area contributed by atoms with Crippen molar-refractivity contribution in [1.82, 2.24) is 0 Å². The van der Waals surface area contributed by atoms with Crippen molar-refractivity contribution < 1.29 is 4.49 Å². The molecule has 0 atom stereocenters. The quantitative estimate of drug-likeness (QED) is 0.628. The molecule has 0 spiro atoms. The van der Waals surface area contributed by atoms with E-state index in [0.29, 0.717) is 22.9 Å². The first-order valence-electron chi connectivity index (χ1n) is 5.91. The summed E-state index contributed by atoms with van der Waals surface area (Å²) in [6, 6.07) is 4.28. The van der Waals surface area contributed by atoms with E-state index in [4.69, 9.17) is 4.49 Å². The standard InChI is InChI=1S/C12H18O.O.2Sn.5H/c1-4-5-6-11-10(3)9(2)7-8-12(11)13;;;;;;;;/h7-8,13H,4-6H2,1-3H3;;;;;;;;/q;;;+1;;;;;/p-1. The molecular weight excluding hydrogens is 414 g/mol. The molecular formula is C12H22O2Sn2. The van der Waals surface area contributed by atoms with Crippen molar-refractivity contribution >= 4 is 44.9 Å². The number of unbranched alkanes of at least 4 members (excludes halogenated alkanes) is 1. The Kier molecular flexibility index (Phi) is 7.15. The van der Waals surface area contributed by atoms with Crippen LogP contribution < -0.4 is 3.07 Å². The van der Waals surface area contributed by atoms with Crippen LogP contribution in [0.3, 0.4) is 0 Å². The Bertz CT molecular complexity index is 340. The molecule has 0 fully saturated rings. The second-order valence-corrected chi connectivity index (χ2v) is 18.3. The zero-order valence-corrected chi connectivity index (χ0v) is 20.5. The fourth-order valence-corrected chi connectivity index (χ4v) is 5.50. The topological polar surface area (TPSA) is 18.5 Å². The third-order valence-electron chi connectivity index (χ3n) is 2.94. The number of hydrogen-bond donors (Lipinski definition) is 0. The molecule has 0 saturated carbocycles. The van der Waals surface area contributed by atoms with Gasteiger partial charge < -0.3 is 0 Å². The van der Waals surface area contributed by atoms with Gasteiger partial charge in [-0.3, -0.25) is 0 Å². The van der Waals surface area contributed by atoms with Gasteiger partial charge in [-0.1, -0.05) is 0 Å². The molecule has 0 aliphatic rings. The van der Waals surface area contributed by atoms with Gasteiger partial charge in [0.05, 0.1) is 0 Å². The van der Waals surface area contributed by atoms with Crippen molar-refractivity contribution in [2.24, 2.45) is 0 Å². The van der Waals surface area contributed by atoms with E-state index in [0.717, 1.165) is 12.2 Å². The summed E-state index contributed by atoms with van der Waals surface area (Å²) in [5, 5.41) is 0. The van der Waals surface area contributed by atoms with Crippen LogP contribution in [0, 0.1) is 13.8 Å². The summed E-state index contributed by atoms with van der Waals surface area (Å²) in [7, 11) is 0. The van der Waals surface area contributed by atoms with Crippen molar-refractivity contribution in [3.8, 4) is 5.75 Å². The Balaban J connectivity index is 2.91. The Labute approximate surface area is 123 Å². The van der Waals surface area contributed by atoms with Gasteiger partial charge >= 0.3 is 124 Å². The zero-order chi connectivity index (χ0) is 12.0. The van der Waals surface area contributed by atoms with Crippen LogP contribution in [0.1, 0.15) is 36.5 Å². The van der Waals surface area contributed by atoms with E-state index >= 15 is 0 Å². The third kappa shape index (κ3) is 4.11. The Morgan fingerprint density at radius 1 is 1.31 bits per heavy atom. The summed E-state index contributed by atoms with van der Waals surface area (Å²) in [6.07, 6.45) is 3.61. The van der Waals surface area contributed by atoms with Gasteiger partial charge in [0.25, 0.3) is 0 Å². The second-order valence-electron chi connectivity index (χ2n) is 4.14. The number of hydrogen-bond acceptors (Lipinski definition) is 2. The molecule has 0 aliphatic heterocycles. The van der Waals surface area contributed by atoms with Crippen molar-refractivity contribution in [2.45, 2.75) is 40.0 Å². The van der Waals surface area contributed by atoms with E-state index < -0.39 is 22.0 Å². The molecule has 1 aromatic carbocycles. The van der Waals surface area contributed by atoms with Crippen molar-refractivity contribution in [2.75, 3.05) is 0 Å². The Morgan fingerprint density at radius 3 is 2.69 bits per heavy atom. The second kappa shape index (κ2) is 7.82. The minimum atomic E-state index is -1.36. The third-order valence-corrected chi connectivity index (χ3v) is 9.35. The maximum atomic E-state index is 5.86. The fourth-order valence-electron chi connectivity index (χ4n) is 1.77. The normalized spacial score (nSPS) is 11.4. The van der Waals surface area contributed by atoms with Crippen LogP contribution in [-0.2, 0) is 7.83 Å². The number of benzene rings is 1. The van der Waals surface area contributed by atoms with Gasteiger partial charge in [0.1, 0.15) is 0 Å². The maximum absolute atomic E-state index is 5.86. The molecule has 0 heterocycles. The number of aryl methyl sites for hydroxylation is 1. The van der Waals surface area contributed by atoms with Gasteiger partial charge in [-0.25, -0.2) is 0 Å². The molecule has 2 nitrogen and oxygen atoms in total. The Hall–Kier alpha value is 0.577. The molecule has 90 valence electrons. The Morgan fingerprint density at radius 2 is 2.06 bits per heavy atom. The summed E-state index contributed by atoms with van der Waals surface area (Å²) in [6.45, 7) is 6.61. The van der Waals surface area contributed by atoms with E-state index in [1.807, 2.05) is 0 Å². The molecule has 0 amide bonds. The molecule has 16 heavy (non-hydrogen) atoms. The summed E-state index contributed by atoms with van der Waals surface area (Å²) in [5.41, 5.74) is 4.17. The summed E-state index contributed by atoms with van der Waals surface area (Å²) < 4.78 is 11.2. The molecule has 4 heteroatoms. The van der Waals surface area contributed by atoms with Gasteiger partial charge in [0.2, 0.25) is 0 Å². The van der Waals surface area contributed by atoms with Crippen LogP contribution in [-0.4, -0.2) is 44.9 Å². The van der Waals surface area contributed by atoms with Gasteiger partial charge in [-0.05, 0) is 0 Å². The molecule has 0 aromatic heterocycles. The molecule has 0 radical (unpaired) electrons. The molecule has 0 N–H and O–H groups in total. The minimum absolute atomic E-state index is 0.343. The molecule has 0 saturated heterocycles. The van der Waals surface area contributed by atoms with Gasteiger partial charge in [0, 0.05) is 0 Å². The first-order chi connectivity index (χ1) is 7.70. The van der Waals surface area contributed by atoms with Gasteiger partial charge in [0.15, 0.2) is 0 Å². The van der Waals surface area contributed by atoms with Crippen molar-refractivity contribution in [1.29, 1.82) is 0 Å². The van der Waals surface area contributed by atoms with Crippen LogP contribution in [0.25, 0.3) is 0 Å². The van der Waals surface area contributed by atoms with Gasteiger partial charge in [-0.15, -0.1) is 0 Å². The van der Waals surface area contributed by atoms with E-state index in [1.165, 1.54) is 29.5 Å². The average molecular weight is 436 g/mol. The average Bonchev–Trinajstić information content (AvgIpc) is 2.29. The molecule has 0 aliphatic carbocycles. The summed E-state index contributed by atoms with van der Waals surface area (Å²) in [5.74, 6) is 1.10. The number of rotatable bonds is 6. The van der Waals surface area contributed by atoms with E-state index in [1.54, 1.807) is 0 Å². The van der Waals surface area contributed by atoms with Crippen LogP contribution in [0.5, 0.6) is 5.75 Å². The zero-order valence-electron chi connectivity index (χ0n) is 10.8. The molecule has 1 rings (SSSR count). The van der Waals surface area contributed by atoms with Crippen LogP contribution in [0.2, 0.25) is 0 Å². The van der Waals surface area contributed by atoms with Crippen molar-refractivity contribution in [3.05, 3.63) is 28.8 Å². The van der Waals surface area contributed by atoms with Crippen molar-refractivity contribution in [3.63, 3.8) is 0 Å². The molecule has 0 unspecified atom stereocenters. The first-order valence-corrected chi connectivity index (χ1v) is 11.5. The summed E-state index contributed by atoms with van der Waals surface area (Å²) in [4.78, 5) is 0. The van der Waals surface area contributed by atoms with E-state index in [-0.39, 0.29) is 0 Å². The SMILES string of the molecule is CCCCc1c([O][SnH2][O][SnH3])ccc(C)c1C. The molecule has 1 aromatic rings. The summed E-state index contributed by atoms with van der Waals surface area (Å²) >= 11 is -1.01. The predicted octanol–water partition coefficient (Wildman–Crippen LogP) is 1.32. The monoisotopic (exact) mass is 438 g/mol. The van der Waals surface area contributed by atoms with E-state index in [2.05, 4.69) is 32.9 Å². The van der Waals surface area contributed by atoms with Crippen LogP contribution in [0.4, 0.5) is 0 Å². The van der Waals surface area contributed by atoms with E-state index in [9.17, 15) is 0 Å². The first kappa shape index (κ1) is 14.6. The molecule has 0 bridgehead atoms. The fraction of sp³-hybridized carbons (Fsp3) is 0.500. The van der Waals surface area contributed by atoms with Crippen LogP contribution in [0.15, 0.2) is 12.1 Å².